The van der Waals surface area contributed by atoms with E-state index in [1.165, 1.54) is 14.2 Å². The number of carboxylic acid groups (broad SMARTS) is 1. The van der Waals surface area contributed by atoms with Crippen LogP contribution in [0.15, 0.2) is 0 Å². The normalized spacial score (nSPS) is 13.1. The first kappa shape index (κ1) is 24.7. The quantitative estimate of drug-likeness (QED) is 0.417. The lowest BCUT2D eigenvalue weighted by molar-refractivity contribution is -0.167. The summed E-state index contributed by atoms with van der Waals surface area (Å²) < 4.78 is 23.3. The molecule has 0 unspecified atom stereocenters. The summed E-state index contributed by atoms with van der Waals surface area (Å²) in [4.78, 5) is 34.2. The minimum absolute atomic E-state index is 0.0694. The SMILES string of the molecule is C#CCC(=O)N(C)OC.C#CCC(=O)O.[2H]C(=O)CC#C.[2H]C1(CC#C)OCCO1. The van der Waals surface area contributed by atoms with Crippen molar-refractivity contribution >= 4 is 18.1 Å². The van der Waals surface area contributed by atoms with Gasteiger partial charge in [-0.15, -0.1) is 31.6 Å². The van der Waals surface area contributed by atoms with Crippen molar-refractivity contribution < 1.29 is 36.5 Å². The molecule has 8 heteroatoms. The van der Waals surface area contributed by atoms with Crippen LogP contribution in [0.5, 0.6) is 0 Å². The van der Waals surface area contributed by atoms with Gasteiger partial charge < -0.3 is 19.4 Å². The van der Waals surface area contributed by atoms with E-state index in [1.54, 1.807) is 0 Å². The van der Waals surface area contributed by atoms with Gasteiger partial charge in [0, 0.05) is 7.05 Å². The Labute approximate surface area is 169 Å². The number of carboxylic acids is 1. The summed E-state index contributed by atoms with van der Waals surface area (Å²) in [7, 11) is 2.92. The lowest BCUT2D eigenvalue weighted by Gasteiger charge is -2.10. The Balaban J connectivity index is -0.000000331. The van der Waals surface area contributed by atoms with Crippen LogP contribution in [0.2, 0.25) is 0 Å². The molecule has 1 fully saturated rings. The number of rotatable bonds is 5. The van der Waals surface area contributed by atoms with Gasteiger partial charge in [-0.25, -0.2) is 5.06 Å². The molecule has 1 rings (SSSR count). The molecule has 8 nitrogen and oxygen atoms in total. The van der Waals surface area contributed by atoms with E-state index in [-0.39, 0.29) is 31.6 Å². The highest BCUT2D eigenvalue weighted by atomic mass is 16.7. The Morgan fingerprint density at radius 3 is 2.00 bits per heavy atom. The molecule has 1 saturated heterocycles. The summed E-state index contributed by atoms with van der Waals surface area (Å²) in [5.41, 5.74) is 0. The van der Waals surface area contributed by atoms with Crippen molar-refractivity contribution in [3.63, 3.8) is 0 Å². The molecule has 0 aromatic heterocycles. The first-order chi connectivity index (χ1) is 14.0. The molecular formula is C20H25NO7. The minimum Gasteiger partial charge on any atom is -0.481 e. The highest BCUT2D eigenvalue weighted by molar-refractivity contribution is 5.77. The van der Waals surface area contributed by atoms with Gasteiger partial charge in [-0.1, -0.05) is 17.8 Å². The van der Waals surface area contributed by atoms with Crippen molar-refractivity contribution in [1.29, 1.82) is 0 Å². The smallest absolute Gasteiger partial charge is 0.315 e. The highest BCUT2D eigenvalue weighted by Crippen LogP contribution is 2.05. The lowest BCUT2D eigenvalue weighted by Crippen LogP contribution is -2.24. The number of terminal acetylenes is 4. The molecule has 152 valence electrons. The molecule has 0 saturated carbocycles. The number of hydroxylamine groups is 2. The summed E-state index contributed by atoms with van der Waals surface area (Å²) >= 11 is 0. The molecule has 1 N–H and O–H groups in total. The van der Waals surface area contributed by atoms with Crippen molar-refractivity contribution in [2.75, 3.05) is 27.4 Å². The fraction of sp³-hybridized carbons (Fsp3) is 0.450. The Morgan fingerprint density at radius 2 is 1.75 bits per heavy atom. The number of hydrogen-bond donors (Lipinski definition) is 1. The zero-order chi connectivity index (χ0) is 24.0. The molecule has 0 aliphatic carbocycles. The highest BCUT2D eigenvalue weighted by Gasteiger charge is 2.13. The van der Waals surface area contributed by atoms with Gasteiger partial charge in [0.15, 0.2) is 6.27 Å². The van der Waals surface area contributed by atoms with Crippen LogP contribution in [0.25, 0.3) is 0 Å². The van der Waals surface area contributed by atoms with Gasteiger partial charge in [0.2, 0.25) is 0 Å². The van der Waals surface area contributed by atoms with Crippen molar-refractivity contribution in [2.24, 2.45) is 0 Å². The fourth-order valence-electron chi connectivity index (χ4n) is 0.968. The molecule has 0 radical (unpaired) electrons. The molecule has 0 atom stereocenters. The molecule has 28 heavy (non-hydrogen) atoms. The van der Waals surface area contributed by atoms with Crippen LogP contribution in [-0.2, 0) is 28.7 Å². The number of amides is 1. The first-order valence-electron chi connectivity index (χ1n) is 8.57. The third-order valence-corrected chi connectivity index (χ3v) is 2.16. The third kappa shape index (κ3) is 25.0. The summed E-state index contributed by atoms with van der Waals surface area (Å²) in [6.45, 7) is 0.955. The van der Waals surface area contributed by atoms with E-state index < -0.39 is 18.5 Å². The summed E-state index contributed by atoms with van der Waals surface area (Å²) in [6, 6.07) is 0. The van der Waals surface area contributed by atoms with Gasteiger partial charge in [-0.3, -0.25) is 14.4 Å². The molecule has 0 aromatic rings. The lowest BCUT2D eigenvalue weighted by atomic mass is 10.4. The van der Waals surface area contributed by atoms with Crippen LogP contribution in [-0.4, -0.2) is 61.9 Å². The van der Waals surface area contributed by atoms with Crippen molar-refractivity contribution in [3.8, 4) is 49.4 Å². The van der Waals surface area contributed by atoms with E-state index >= 15 is 0 Å². The number of carbonyl (C=O) groups excluding carboxylic acids is 2. The second kappa shape index (κ2) is 23.7. The maximum Gasteiger partial charge on any atom is 0.315 e. The average Bonchev–Trinajstić information content (AvgIpc) is 3.09. The fourth-order valence-corrected chi connectivity index (χ4v) is 0.968. The third-order valence-electron chi connectivity index (χ3n) is 2.16. The zero-order valence-electron chi connectivity index (χ0n) is 17.9. The molecule has 0 aromatic carbocycles. The molecule has 1 amide bonds. The van der Waals surface area contributed by atoms with Crippen LogP contribution in [0, 0.1) is 49.4 Å². The monoisotopic (exact) mass is 393 g/mol. The van der Waals surface area contributed by atoms with E-state index in [2.05, 4.69) is 29.5 Å². The van der Waals surface area contributed by atoms with E-state index in [0.29, 0.717) is 13.2 Å². The summed E-state index contributed by atoms with van der Waals surface area (Å²) in [5, 5.41) is 8.87. The number of aliphatic carboxylic acids is 1. The largest absolute Gasteiger partial charge is 0.481 e. The van der Waals surface area contributed by atoms with Crippen LogP contribution in [0.4, 0.5) is 0 Å². The van der Waals surface area contributed by atoms with Crippen LogP contribution < -0.4 is 0 Å². The molecular weight excluding hydrogens is 366 g/mol. The summed E-state index contributed by atoms with van der Waals surface area (Å²) in [5.74, 6) is 7.37. The van der Waals surface area contributed by atoms with Crippen LogP contribution in [0.3, 0.4) is 0 Å². The number of carbonyl (C=O) groups is 3. The van der Waals surface area contributed by atoms with E-state index in [0.717, 1.165) is 5.06 Å². The Morgan fingerprint density at radius 1 is 1.21 bits per heavy atom. The standard InChI is InChI=1S/C6H9NO2.C6H8O2.C4H4O2.C4H4O/c1-4-5-6(8)7(2)9-3;1-2-3-6-7-4-5-8-6;1-2-3-4(5)6;1-2-3-4-5/h1H,5H2,2-3H3;1,6H,3-5H2;1H,3H2,(H,5,6);1,4H,3H2/i;6D;;4D. The molecule has 1 aliphatic rings. The van der Waals surface area contributed by atoms with E-state index in [9.17, 15) is 14.4 Å². The van der Waals surface area contributed by atoms with Crippen molar-refractivity contribution in [1.82, 2.24) is 5.06 Å². The van der Waals surface area contributed by atoms with Gasteiger partial charge in [0.25, 0.3) is 5.91 Å². The number of hydrogen-bond acceptors (Lipinski definition) is 6. The van der Waals surface area contributed by atoms with Gasteiger partial charge in [0.1, 0.15) is 14.1 Å². The van der Waals surface area contributed by atoms with Crippen LogP contribution in [0.1, 0.15) is 28.4 Å². The number of nitrogens with zero attached hydrogens (tertiary/aromatic N) is 1. The Hall–Kier alpha value is -3.27. The summed E-state index contributed by atoms with van der Waals surface area (Å²) in [6.07, 6.45) is 17.2. The molecule has 0 bridgehead atoms. The van der Waals surface area contributed by atoms with Crippen molar-refractivity contribution in [3.05, 3.63) is 0 Å². The average molecular weight is 393 g/mol. The topological polar surface area (TPSA) is 102 Å². The van der Waals surface area contributed by atoms with Crippen LogP contribution >= 0.6 is 0 Å². The first-order valence-corrected chi connectivity index (χ1v) is 7.57. The van der Waals surface area contributed by atoms with Gasteiger partial charge >= 0.3 is 5.97 Å². The van der Waals surface area contributed by atoms with E-state index in [4.69, 9.17) is 30.2 Å². The molecule has 1 aliphatic heterocycles. The predicted octanol–water partition coefficient (Wildman–Crippen LogP) is 0.715. The molecule has 1 heterocycles. The zero-order valence-corrected chi connectivity index (χ0v) is 15.9. The second-order valence-corrected chi connectivity index (χ2v) is 4.20. The minimum atomic E-state index is -1.24. The Bertz CT molecular complexity index is 664. The second-order valence-electron chi connectivity index (χ2n) is 4.20. The molecule has 0 spiro atoms. The number of ether oxygens (including phenoxy) is 2. The van der Waals surface area contributed by atoms with Gasteiger partial charge in [-0.2, -0.15) is 0 Å². The van der Waals surface area contributed by atoms with Crippen molar-refractivity contribution in [2.45, 2.75) is 31.9 Å². The Kier molecular flexibility index (Phi) is 21.0. The predicted molar refractivity (Wildman–Crippen MR) is 103 cm³/mol. The number of aldehydes is 1. The van der Waals surface area contributed by atoms with E-state index in [1.807, 2.05) is 11.8 Å². The maximum atomic E-state index is 10.6. The van der Waals surface area contributed by atoms with Gasteiger partial charge in [0.05, 0.1) is 41.0 Å². The van der Waals surface area contributed by atoms with Gasteiger partial charge in [-0.05, 0) is 0 Å². The maximum absolute atomic E-state index is 10.6.